The summed E-state index contributed by atoms with van der Waals surface area (Å²) in [5.41, 5.74) is 2.51. The van der Waals surface area contributed by atoms with Gasteiger partial charge in [0.2, 0.25) is 11.8 Å². The van der Waals surface area contributed by atoms with Crippen molar-refractivity contribution in [3.63, 3.8) is 0 Å². The van der Waals surface area contributed by atoms with Crippen LogP contribution in [0.2, 0.25) is 0 Å². The van der Waals surface area contributed by atoms with Crippen LogP contribution in [0.15, 0.2) is 57.9 Å². The van der Waals surface area contributed by atoms with Crippen LogP contribution in [0.1, 0.15) is 63.3 Å². The smallest absolute Gasteiger partial charge is 0.282 e. The number of hydrogen-bond donors (Lipinski definition) is 4. The normalized spacial score (nSPS) is 22.7. The van der Waals surface area contributed by atoms with E-state index >= 15 is 0 Å². The van der Waals surface area contributed by atoms with Crippen molar-refractivity contribution in [2.24, 2.45) is 7.05 Å². The van der Waals surface area contributed by atoms with Gasteiger partial charge in [-0.05, 0) is 65.5 Å². The molecule has 2 unspecified atom stereocenters. The molecule has 4 heterocycles. The van der Waals surface area contributed by atoms with Crippen molar-refractivity contribution in [1.29, 1.82) is 0 Å². The summed E-state index contributed by atoms with van der Waals surface area (Å²) in [6.07, 6.45) is 1.32. The number of hydrogen-bond acceptors (Lipinski definition) is 10. The second-order valence-electron chi connectivity index (χ2n) is 12.3. The highest BCUT2D eigenvalue weighted by atomic mass is 79.9. The quantitative estimate of drug-likeness (QED) is 0.187. The standard InChI is InChI=1S/C33H36BrN7O7/c1-39-16-20(14-21(17-39)37-23-15-36-40(2)33(47)28(23)34)18-6-8-19(9-7-18)29(43)35-12-13-48-25-5-3-4-22-27(25)32(46)41(31(22)45)24-10-11-26(42)38-30(24)44/h3-9,15,20-21,24,31,37,45H,10-14,16-17H2,1-2H3,(H,35,43)(H,38,42,44)/t20-,21+,24?,31?/m1/s1. The fraction of sp³-hybridized carbons (Fsp3) is 0.394. The predicted octanol–water partition coefficient (Wildman–Crippen LogP) is 1.50. The summed E-state index contributed by atoms with van der Waals surface area (Å²) >= 11 is 3.38. The number of likely N-dealkylation sites (tertiary alicyclic amines) is 1. The number of nitrogens with zero attached hydrogens (tertiary/aromatic N) is 4. The maximum Gasteiger partial charge on any atom is 0.282 e. The summed E-state index contributed by atoms with van der Waals surface area (Å²) < 4.78 is 7.57. The van der Waals surface area contributed by atoms with E-state index in [9.17, 15) is 29.1 Å². The maximum absolute atomic E-state index is 13.3. The minimum atomic E-state index is -1.35. The lowest BCUT2D eigenvalue weighted by Crippen LogP contribution is -2.53. The number of aliphatic hydroxyl groups excluding tert-OH is 1. The average molecular weight is 723 g/mol. The molecule has 0 bridgehead atoms. The number of fused-ring (bicyclic) bond motifs is 1. The molecule has 6 rings (SSSR count). The lowest BCUT2D eigenvalue weighted by molar-refractivity contribution is -0.139. The molecule has 3 aromatic rings. The van der Waals surface area contributed by atoms with Gasteiger partial charge in [-0.15, -0.1) is 0 Å². The molecule has 1 aromatic heterocycles. The van der Waals surface area contributed by atoms with Crippen LogP contribution < -0.4 is 26.2 Å². The van der Waals surface area contributed by atoms with Gasteiger partial charge in [-0.2, -0.15) is 5.10 Å². The minimum Gasteiger partial charge on any atom is -0.491 e. The van der Waals surface area contributed by atoms with Crippen LogP contribution in [0.4, 0.5) is 5.69 Å². The van der Waals surface area contributed by atoms with Crippen molar-refractivity contribution in [1.82, 2.24) is 30.2 Å². The molecular weight excluding hydrogens is 686 g/mol. The van der Waals surface area contributed by atoms with Crippen molar-refractivity contribution in [2.45, 2.75) is 43.5 Å². The molecule has 3 aliphatic rings. The lowest BCUT2D eigenvalue weighted by Gasteiger charge is -2.37. The molecule has 2 fully saturated rings. The highest BCUT2D eigenvalue weighted by molar-refractivity contribution is 9.10. The van der Waals surface area contributed by atoms with Gasteiger partial charge in [0.15, 0.2) is 6.23 Å². The Morgan fingerprint density at radius 3 is 2.62 bits per heavy atom. The first-order chi connectivity index (χ1) is 23.0. The van der Waals surface area contributed by atoms with E-state index in [1.165, 1.54) is 4.68 Å². The third-order valence-electron chi connectivity index (χ3n) is 8.95. The number of aromatic nitrogens is 2. The number of aliphatic hydroxyl groups is 1. The first kappa shape index (κ1) is 33.3. The van der Waals surface area contributed by atoms with Crippen LogP contribution >= 0.6 is 15.9 Å². The van der Waals surface area contributed by atoms with Crippen molar-refractivity contribution >= 4 is 45.2 Å². The van der Waals surface area contributed by atoms with Gasteiger partial charge in [0.1, 0.15) is 22.9 Å². The zero-order valence-electron chi connectivity index (χ0n) is 26.4. The van der Waals surface area contributed by atoms with Gasteiger partial charge in [0.25, 0.3) is 17.4 Å². The number of anilines is 1. The van der Waals surface area contributed by atoms with Crippen LogP contribution in [-0.4, -0.2) is 93.7 Å². The van der Waals surface area contributed by atoms with Crippen LogP contribution in [0.5, 0.6) is 5.75 Å². The number of halogens is 1. The minimum absolute atomic E-state index is 0.0595. The number of likely N-dealkylation sites (N-methyl/N-ethyl adjacent to an activating group) is 1. The molecule has 4 atom stereocenters. The number of carbonyl (C=O) groups excluding carboxylic acids is 4. The first-order valence-electron chi connectivity index (χ1n) is 15.7. The Bertz CT molecular complexity index is 1810. The lowest BCUT2D eigenvalue weighted by atomic mass is 9.87. The third kappa shape index (κ3) is 6.70. The van der Waals surface area contributed by atoms with Gasteiger partial charge in [0, 0.05) is 43.7 Å². The molecule has 0 radical (unpaired) electrons. The molecule has 4 N–H and O–H groups in total. The second kappa shape index (κ2) is 13.9. The van der Waals surface area contributed by atoms with Crippen LogP contribution in [0.3, 0.4) is 0 Å². The summed E-state index contributed by atoms with van der Waals surface area (Å²) in [5, 5.41) is 23.5. The number of piperidine rings is 2. The molecule has 252 valence electrons. The number of nitrogens with one attached hydrogen (secondary N) is 3. The molecule has 2 saturated heterocycles. The highest BCUT2D eigenvalue weighted by Crippen LogP contribution is 2.39. The molecule has 14 nitrogen and oxygen atoms in total. The van der Waals surface area contributed by atoms with Gasteiger partial charge < -0.3 is 25.4 Å². The summed E-state index contributed by atoms with van der Waals surface area (Å²) in [6, 6.07) is 11.4. The number of ether oxygens (including phenoxy) is 1. The molecule has 3 aliphatic heterocycles. The van der Waals surface area contributed by atoms with Crippen molar-refractivity contribution in [3.05, 3.63) is 85.7 Å². The number of amides is 4. The van der Waals surface area contributed by atoms with E-state index in [1.54, 1.807) is 43.6 Å². The van der Waals surface area contributed by atoms with Crippen LogP contribution in [0.25, 0.3) is 0 Å². The molecule has 48 heavy (non-hydrogen) atoms. The fourth-order valence-corrected chi connectivity index (χ4v) is 7.07. The van der Waals surface area contributed by atoms with E-state index in [0.717, 1.165) is 30.0 Å². The van der Waals surface area contributed by atoms with Crippen molar-refractivity contribution < 1.29 is 29.0 Å². The van der Waals surface area contributed by atoms with Gasteiger partial charge in [-0.25, -0.2) is 4.68 Å². The Kier molecular flexibility index (Phi) is 9.62. The molecular formula is C33H36BrN7O7. The Morgan fingerprint density at radius 1 is 1.10 bits per heavy atom. The number of benzene rings is 2. The number of rotatable bonds is 9. The van der Waals surface area contributed by atoms with Gasteiger partial charge in [0.05, 0.1) is 24.0 Å². The van der Waals surface area contributed by atoms with Crippen molar-refractivity contribution in [3.8, 4) is 5.75 Å². The zero-order valence-corrected chi connectivity index (χ0v) is 28.0. The summed E-state index contributed by atoms with van der Waals surface area (Å²) in [4.78, 5) is 65.8. The molecule has 4 amide bonds. The van der Waals surface area contributed by atoms with Gasteiger partial charge >= 0.3 is 0 Å². The average Bonchev–Trinajstić information content (AvgIpc) is 3.32. The van der Waals surface area contributed by atoms with E-state index < -0.39 is 30.0 Å². The summed E-state index contributed by atoms with van der Waals surface area (Å²) in [5.74, 6) is -1.43. The molecule has 0 saturated carbocycles. The Balaban J connectivity index is 1.02. The SMILES string of the molecule is CN1C[C@@H](Nc2cnn(C)c(=O)c2Br)C[C@@H](c2ccc(C(=O)NCCOc3cccc4c3C(=O)N(C3CCC(=O)NC3=O)C4O)cc2)C1. The Morgan fingerprint density at radius 2 is 1.88 bits per heavy atom. The molecule has 0 spiro atoms. The van der Waals surface area contributed by atoms with Crippen molar-refractivity contribution in [2.75, 3.05) is 38.6 Å². The van der Waals surface area contributed by atoms with E-state index in [4.69, 9.17) is 4.74 Å². The monoisotopic (exact) mass is 721 g/mol. The van der Waals surface area contributed by atoms with E-state index in [0.29, 0.717) is 21.3 Å². The van der Waals surface area contributed by atoms with Crippen LogP contribution in [-0.2, 0) is 16.6 Å². The van der Waals surface area contributed by atoms with E-state index in [-0.39, 0.29) is 60.7 Å². The van der Waals surface area contributed by atoms with E-state index in [2.05, 4.69) is 48.9 Å². The first-order valence-corrected chi connectivity index (χ1v) is 16.5. The number of carbonyl (C=O) groups is 4. The Hall–Kier alpha value is -4.60. The van der Waals surface area contributed by atoms with E-state index in [1.807, 2.05) is 12.1 Å². The van der Waals surface area contributed by atoms with Gasteiger partial charge in [-0.1, -0.05) is 24.3 Å². The molecule has 15 heteroatoms. The summed E-state index contributed by atoms with van der Waals surface area (Å²) in [7, 11) is 3.66. The zero-order chi connectivity index (χ0) is 34.1. The summed E-state index contributed by atoms with van der Waals surface area (Å²) in [6.45, 7) is 1.88. The highest BCUT2D eigenvalue weighted by Gasteiger charge is 2.45. The fourth-order valence-electron chi connectivity index (χ4n) is 6.59. The molecule has 2 aromatic carbocycles. The van der Waals surface area contributed by atoms with Gasteiger partial charge in [-0.3, -0.25) is 34.2 Å². The topological polar surface area (TPSA) is 175 Å². The molecule has 0 aliphatic carbocycles. The second-order valence-corrected chi connectivity index (χ2v) is 13.1. The number of imide groups is 1. The predicted molar refractivity (Wildman–Crippen MR) is 177 cm³/mol. The maximum atomic E-state index is 13.3. The Labute approximate surface area is 284 Å². The third-order valence-corrected chi connectivity index (χ3v) is 9.72. The largest absolute Gasteiger partial charge is 0.491 e. The number of aryl methyl sites for hydroxylation is 1. The van der Waals surface area contributed by atoms with Crippen LogP contribution in [0, 0.1) is 0 Å².